The van der Waals surface area contributed by atoms with Crippen molar-refractivity contribution in [3.8, 4) is 22.9 Å². The van der Waals surface area contributed by atoms with Crippen molar-refractivity contribution in [2.24, 2.45) is 0 Å². The molecule has 1 heterocycles. The van der Waals surface area contributed by atoms with Crippen molar-refractivity contribution in [3.63, 3.8) is 0 Å². The molecule has 0 saturated heterocycles. The van der Waals surface area contributed by atoms with E-state index in [4.69, 9.17) is 15.7 Å². The van der Waals surface area contributed by atoms with Crippen LogP contribution in [-0.2, 0) is 6.42 Å². The zero-order valence-electron chi connectivity index (χ0n) is 16.6. The third-order valence-corrected chi connectivity index (χ3v) is 5.94. The number of ether oxygens (including phenoxy) is 1. The first-order valence-corrected chi connectivity index (χ1v) is 10.5. The molecule has 3 N–H and O–H groups in total. The molecule has 148 valence electrons. The van der Waals surface area contributed by atoms with E-state index in [1.165, 1.54) is 22.5 Å². The number of aromatic amines is 1. The van der Waals surface area contributed by atoms with E-state index in [-0.39, 0.29) is 5.92 Å². The van der Waals surface area contributed by atoms with Gasteiger partial charge >= 0.3 is 5.13 Å². The highest BCUT2D eigenvalue weighted by atomic mass is 32.1. The van der Waals surface area contributed by atoms with Crippen LogP contribution in [0.15, 0.2) is 78.2 Å². The summed E-state index contributed by atoms with van der Waals surface area (Å²) in [6.45, 7) is 0. The second-order valence-corrected chi connectivity index (χ2v) is 8.01. The SMILES string of the molecule is COc1ccc([C@H](Cc2ccc(-c3ccc(C#N)cc3)cc2)c2csc(N)[nH+]2)cc1. The second-order valence-electron chi connectivity index (χ2n) is 7.10. The van der Waals surface area contributed by atoms with Crippen LogP contribution in [0.4, 0.5) is 5.13 Å². The number of methoxy groups -OCH3 is 1. The highest BCUT2D eigenvalue weighted by Crippen LogP contribution is 2.30. The summed E-state index contributed by atoms with van der Waals surface area (Å²) >= 11 is 1.52. The molecule has 0 aliphatic rings. The normalized spacial score (nSPS) is 11.6. The number of hydrogen-bond acceptors (Lipinski definition) is 4. The molecule has 0 radical (unpaired) electrons. The topological polar surface area (TPSA) is 73.2 Å². The number of benzene rings is 3. The molecular weight excluding hydrogens is 390 g/mol. The van der Waals surface area contributed by atoms with Crippen LogP contribution in [0, 0.1) is 11.3 Å². The quantitative estimate of drug-likeness (QED) is 0.481. The summed E-state index contributed by atoms with van der Waals surface area (Å²) in [5.74, 6) is 1.02. The van der Waals surface area contributed by atoms with Crippen molar-refractivity contribution in [3.05, 3.63) is 101 Å². The van der Waals surface area contributed by atoms with Crippen LogP contribution in [0.25, 0.3) is 11.1 Å². The molecule has 0 saturated carbocycles. The number of nitrogens with two attached hydrogens (primary N) is 1. The molecule has 0 fully saturated rings. The third kappa shape index (κ3) is 4.35. The van der Waals surface area contributed by atoms with Crippen molar-refractivity contribution in [1.82, 2.24) is 0 Å². The first kappa shape index (κ1) is 19.7. The number of hydrogen-bond donors (Lipinski definition) is 1. The Kier molecular flexibility index (Phi) is 5.78. The standard InChI is InChI=1S/C25H21N3OS/c1-29-22-12-10-21(11-13-22)23(24-16-30-25(27)28-24)14-17-2-6-19(7-3-17)20-8-4-18(15-26)5-9-20/h2-13,16,23H,14H2,1H3,(H2,27,28)/p+1/t23-/m0/s1. The van der Waals surface area contributed by atoms with Crippen LogP contribution in [0.1, 0.15) is 28.3 Å². The summed E-state index contributed by atoms with van der Waals surface area (Å²) in [7, 11) is 1.68. The van der Waals surface area contributed by atoms with Crippen molar-refractivity contribution in [1.29, 1.82) is 5.26 Å². The Hall–Kier alpha value is -3.62. The molecule has 4 rings (SSSR count). The van der Waals surface area contributed by atoms with Gasteiger partial charge in [-0.3, -0.25) is 5.73 Å². The zero-order chi connectivity index (χ0) is 20.9. The molecule has 0 amide bonds. The smallest absolute Gasteiger partial charge is 0.329 e. The average Bonchev–Trinajstić information content (AvgIpc) is 3.24. The van der Waals surface area contributed by atoms with Crippen molar-refractivity contribution < 1.29 is 9.72 Å². The molecule has 0 bridgehead atoms. The van der Waals surface area contributed by atoms with E-state index in [2.05, 4.69) is 52.8 Å². The number of nitrogen functional groups attached to an aromatic ring is 1. The summed E-state index contributed by atoms with van der Waals surface area (Å²) in [6, 6.07) is 26.6. The molecule has 30 heavy (non-hydrogen) atoms. The third-order valence-electron chi connectivity index (χ3n) is 5.22. The minimum absolute atomic E-state index is 0.171. The Morgan fingerprint density at radius 2 is 1.60 bits per heavy atom. The number of anilines is 1. The van der Waals surface area contributed by atoms with Crippen LogP contribution in [0.2, 0.25) is 0 Å². The van der Waals surface area contributed by atoms with Gasteiger partial charge in [-0.25, -0.2) is 4.98 Å². The monoisotopic (exact) mass is 412 g/mol. The van der Waals surface area contributed by atoms with E-state index >= 15 is 0 Å². The molecule has 4 aromatic rings. The van der Waals surface area contributed by atoms with Gasteiger partial charge in [-0.15, -0.1) is 0 Å². The van der Waals surface area contributed by atoms with Crippen molar-refractivity contribution >= 4 is 16.5 Å². The maximum atomic E-state index is 8.97. The summed E-state index contributed by atoms with van der Waals surface area (Å²) < 4.78 is 5.30. The molecule has 1 atom stereocenters. The Balaban J connectivity index is 1.59. The van der Waals surface area contributed by atoms with E-state index in [0.29, 0.717) is 10.7 Å². The van der Waals surface area contributed by atoms with Gasteiger partial charge in [0, 0.05) is 5.38 Å². The Morgan fingerprint density at radius 3 is 2.13 bits per heavy atom. The van der Waals surface area contributed by atoms with Crippen LogP contribution >= 0.6 is 11.3 Å². The zero-order valence-corrected chi connectivity index (χ0v) is 17.4. The number of nitrogens with one attached hydrogen (secondary N) is 1. The van der Waals surface area contributed by atoms with Gasteiger partial charge in [0.1, 0.15) is 11.4 Å². The number of thiazole rings is 1. The fourth-order valence-electron chi connectivity index (χ4n) is 3.55. The van der Waals surface area contributed by atoms with Gasteiger partial charge in [0.2, 0.25) is 0 Å². The van der Waals surface area contributed by atoms with Crippen LogP contribution in [-0.4, -0.2) is 7.11 Å². The minimum Gasteiger partial charge on any atom is -0.497 e. The maximum absolute atomic E-state index is 8.97. The number of aromatic nitrogens is 1. The summed E-state index contributed by atoms with van der Waals surface area (Å²) in [5.41, 5.74) is 12.4. The Labute approximate surface area is 180 Å². The molecule has 0 aliphatic carbocycles. The lowest BCUT2D eigenvalue weighted by molar-refractivity contribution is -0.368. The number of nitriles is 1. The molecule has 5 heteroatoms. The fraction of sp³-hybridized carbons (Fsp3) is 0.120. The minimum atomic E-state index is 0.171. The Bertz CT molecular complexity index is 1160. The predicted molar refractivity (Wildman–Crippen MR) is 120 cm³/mol. The van der Waals surface area contributed by atoms with Gasteiger partial charge in [-0.1, -0.05) is 59.9 Å². The van der Waals surface area contributed by atoms with Crippen LogP contribution in [0.3, 0.4) is 0 Å². The summed E-state index contributed by atoms with van der Waals surface area (Å²) in [5, 5.41) is 11.8. The van der Waals surface area contributed by atoms with Crippen LogP contribution < -0.4 is 15.5 Å². The molecule has 0 spiro atoms. The highest BCUT2D eigenvalue weighted by Gasteiger charge is 2.20. The van der Waals surface area contributed by atoms with Gasteiger partial charge < -0.3 is 4.74 Å². The molecule has 0 unspecified atom stereocenters. The second kappa shape index (κ2) is 8.81. The van der Waals surface area contributed by atoms with E-state index in [1.807, 2.05) is 36.4 Å². The van der Waals surface area contributed by atoms with Crippen molar-refractivity contribution in [2.75, 3.05) is 12.8 Å². The van der Waals surface area contributed by atoms with Gasteiger partial charge in [-0.05, 0) is 52.9 Å². The molecule has 3 aromatic carbocycles. The van der Waals surface area contributed by atoms with Crippen LogP contribution in [0.5, 0.6) is 5.75 Å². The van der Waals surface area contributed by atoms with E-state index in [9.17, 15) is 0 Å². The van der Waals surface area contributed by atoms with Gasteiger partial charge in [0.15, 0.2) is 0 Å². The molecule has 0 aliphatic heterocycles. The first-order valence-electron chi connectivity index (χ1n) is 9.66. The highest BCUT2D eigenvalue weighted by molar-refractivity contribution is 7.13. The van der Waals surface area contributed by atoms with Gasteiger partial charge in [0.25, 0.3) is 0 Å². The number of nitrogens with zero attached hydrogens (tertiary/aromatic N) is 1. The summed E-state index contributed by atoms with van der Waals surface area (Å²) in [6.07, 6.45) is 0.854. The Morgan fingerprint density at radius 1 is 0.967 bits per heavy atom. The molecular formula is C25H22N3OS+. The maximum Gasteiger partial charge on any atom is 0.329 e. The molecule has 4 nitrogen and oxygen atoms in total. The fourth-order valence-corrected chi connectivity index (χ4v) is 4.20. The lowest BCUT2D eigenvalue weighted by Crippen LogP contribution is -2.17. The summed E-state index contributed by atoms with van der Waals surface area (Å²) in [4.78, 5) is 3.31. The first-order chi connectivity index (χ1) is 14.7. The lowest BCUT2D eigenvalue weighted by atomic mass is 9.89. The van der Waals surface area contributed by atoms with Gasteiger partial charge in [-0.2, -0.15) is 5.26 Å². The number of rotatable bonds is 6. The number of H-pyrrole nitrogens is 1. The predicted octanol–water partition coefficient (Wildman–Crippen LogP) is 5.07. The van der Waals surface area contributed by atoms with E-state index in [0.717, 1.165) is 29.0 Å². The molecule has 1 aromatic heterocycles. The van der Waals surface area contributed by atoms with E-state index in [1.54, 1.807) is 7.11 Å². The average molecular weight is 413 g/mol. The van der Waals surface area contributed by atoms with E-state index < -0.39 is 0 Å². The lowest BCUT2D eigenvalue weighted by Gasteiger charge is -2.15. The largest absolute Gasteiger partial charge is 0.497 e. The van der Waals surface area contributed by atoms with Gasteiger partial charge in [0.05, 0.1) is 24.7 Å². The van der Waals surface area contributed by atoms with Crippen molar-refractivity contribution in [2.45, 2.75) is 12.3 Å².